The van der Waals surface area contributed by atoms with Gasteiger partial charge >= 0.3 is 11.9 Å². The molecule has 2 aromatic carbocycles. The van der Waals surface area contributed by atoms with E-state index in [9.17, 15) is 19.7 Å². The second-order valence-corrected chi connectivity index (χ2v) is 10.4. The van der Waals surface area contributed by atoms with Crippen LogP contribution in [0.15, 0.2) is 70.9 Å². The Morgan fingerprint density at radius 1 is 1.10 bits per heavy atom. The molecule has 2 aromatic rings. The van der Waals surface area contributed by atoms with Crippen molar-refractivity contribution in [1.29, 1.82) is 0 Å². The Kier molecular flexibility index (Phi) is 8.91. The molecule has 0 spiro atoms. The number of nitro benzene ring substituents is 1. The Labute approximate surface area is 228 Å². The normalized spacial score (nSPS) is 21.2. The smallest absolute Gasteiger partial charge is 0.337 e. The number of benzene rings is 2. The molecule has 39 heavy (non-hydrogen) atoms. The third-order valence-corrected chi connectivity index (χ3v) is 7.66. The van der Waals surface area contributed by atoms with Crippen LogP contribution in [0, 0.1) is 22.0 Å². The largest absolute Gasteiger partial charge is 0.468 e. The number of nitro groups is 1. The zero-order valence-electron chi connectivity index (χ0n) is 22.8. The number of likely N-dealkylation sites (tertiary alicyclic amines) is 1. The van der Waals surface area contributed by atoms with Crippen molar-refractivity contribution in [1.82, 2.24) is 4.90 Å². The molecule has 0 saturated carbocycles. The lowest BCUT2D eigenvalue weighted by atomic mass is 9.75. The maximum Gasteiger partial charge on any atom is 0.337 e. The van der Waals surface area contributed by atoms with Gasteiger partial charge in [-0.15, -0.1) is 0 Å². The summed E-state index contributed by atoms with van der Waals surface area (Å²) < 4.78 is 11.3. The quantitative estimate of drug-likeness (QED) is 0.259. The minimum Gasteiger partial charge on any atom is -0.468 e. The van der Waals surface area contributed by atoms with Crippen LogP contribution in [-0.4, -0.2) is 54.2 Å². The standard InChI is InChI=1S/C30H35N3O6/c1-19-13-15-32(16-14-19)18-25(22-9-6-5-7-10-22)39-30(35)27-21(3)31-20(2)26(29(34)38-4)28(27)23-11-8-12-24(17-23)33(36)37/h5-12,17,19,25-26,28H,13-16,18H2,1-4H3. The highest BCUT2D eigenvalue weighted by Crippen LogP contribution is 2.41. The van der Waals surface area contributed by atoms with E-state index in [1.807, 2.05) is 30.3 Å². The van der Waals surface area contributed by atoms with Crippen molar-refractivity contribution in [3.05, 3.63) is 87.1 Å². The minimum atomic E-state index is -0.929. The van der Waals surface area contributed by atoms with Crippen molar-refractivity contribution < 1.29 is 24.0 Å². The molecular formula is C30H35N3O6. The van der Waals surface area contributed by atoms with E-state index in [1.54, 1.807) is 26.0 Å². The maximum absolute atomic E-state index is 14.0. The second kappa shape index (κ2) is 12.3. The summed E-state index contributed by atoms with van der Waals surface area (Å²) in [5.41, 5.74) is 2.26. The summed E-state index contributed by atoms with van der Waals surface area (Å²) >= 11 is 0. The van der Waals surface area contributed by atoms with E-state index in [4.69, 9.17) is 9.47 Å². The third kappa shape index (κ3) is 6.42. The number of rotatable bonds is 8. The first kappa shape index (κ1) is 28.2. The lowest BCUT2D eigenvalue weighted by Gasteiger charge is -2.34. The average molecular weight is 534 g/mol. The van der Waals surface area contributed by atoms with E-state index >= 15 is 0 Å². The van der Waals surface area contributed by atoms with Crippen molar-refractivity contribution in [3.8, 4) is 0 Å². The van der Waals surface area contributed by atoms with Gasteiger partial charge in [-0.1, -0.05) is 49.4 Å². The lowest BCUT2D eigenvalue weighted by Crippen LogP contribution is -2.39. The molecule has 1 saturated heterocycles. The van der Waals surface area contributed by atoms with Crippen molar-refractivity contribution in [2.24, 2.45) is 16.8 Å². The second-order valence-electron chi connectivity index (χ2n) is 10.4. The van der Waals surface area contributed by atoms with Gasteiger partial charge in [0.25, 0.3) is 5.69 Å². The fraction of sp³-hybridized carbons (Fsp3) is 0.433. The van der Waals surface area contributed by atoms with Gasteiger partial charge in [0.15, 0.2) is 0 Å². The van der Waals surface area contributed by atoms with Crippen LogP contribution in [0.5, 0.6) is 0 Å². The van der Waals surface area contributed by atoms with Gasteiger partial charge in [-0.3, -0.25) is 24.8 Å². The van der Waals surface area contributed by atoms with E-state index in [-0.39, 0.29) is 11.3 Å². The number of ether oxygens (including phenoxy) is 2. The van der Waals surface area contributed by atoms with Crippen molar-refractivity contribution in [2.75, 3.05) is 26.7 Å². The van der Waals surface area contributed by atoms with Crippen LogP contribution in [0.3, 0.4) is 0 Å². The number of non-ortho nitro benzene ring substituents is 1. The summed E-state index contributed by atoms with van der Waals surface area (Å²) in [6.07, 6.45) is 1.63. The molecule has 4 rings (SSSR count). The number of aliphatic imine (C=N–C) groups is 1. The molecule has 2 heterocycles. The van der Waals surface area contributed by atoms with Gasteiger partial charge in [-0.2, -0.15) is 0 Å². The lowest BCUT2D eigenvalue weighted by molar-refractivity contribution is -0.384. The van der Waals surface area contributed by atoms with Crippen molar-refractivity contribution in [2.45, 2.75) is 45.6 Å². The molecule has 3 unspecified atom stereocenters. The monoisotopic (exact) mass is 533 g/mol. The van der Waals surface area contributed by atoms with Crippen molar-refractivity contribution in [3.63, 3.8) is 0 Å². The van der Waals surface area contributed by atoms with Gasteiger partial charge < -0.3 is 9.47 Å². The SMILES string of the molecule is COC(=O)C1C(C)=NC(C)=C(C(=O)OC(CN2CCC(C)CC2)c2ccccc2)C1c1cccc([N+](=O)[O-])c1. The first-order valence-electron chi connectivity index (χ1n) is 13.3. The summed E-state index contributed by atoms with van der Waals surface area (Å²) in [6, 6.07) is 15.6. The van der Waals surface area contributed by atoms with Gasteiger partial charge in [0.1, 0.15) is 12.0 Å². The Bertz CT molecular complexity index is 1280. The molecule has 0 amide bonds. The molecule has 0 radical (unpaired) electrons. The summed E-state index contributed by atoms with van der Waals surface area (Å²) in [5.74, 6) is -2.29. The zero-order chi connectivity index (χ0) is 28.1. The van der Waals surface area contributed by atoms with Gasteiger partial charge in [0, 0.05) is 36.0 Å². The number of carbonyl (C=O) groups is 2. The molecular weight excluding hydrogens is 498 g/mol. The van der Waals surface area contributed by atoms with Crippen LogP contribution in [0.25, 0.3) is 0 Å². The minimum absolute atomic E-state index is 0.136. The fourth-order valence-electron chi connectivity index (χ4n) is 5.48. The first-order chi connectivity index (χ1) is 18.7. The summed E-state index contributed by atoms with van der Waals surface area (Å²) in [4.78, 5) is 44.8. The average Bonchev–Trinajstić information content (AvgIpc) is 2.93. The third-order valence-electron chi connectivity index (χ3n) is 7.66. The van der Waals surface area contributed by atoms with Gasteiger partial charge in [-0.25, -0.2) is 4.79 Å². The topological polar surface area (TPSA) is 111 Å². The van der Waals surface area contributed by atoms with E-state index in [0.29, 0.717) is 29.4 Å². The Morgan fingerprint density at radius 2 is 1.79 bits per heavy atom. The number of carbonyl (C=O) groups excluding carboxylic acids is 2. The van der Waals surface area contributed by atoms with E-state index < -0.39 is 34.8 Å². The highest BCUT2D eigenvalue weighted by atomic mass is 16.6. The van der Waals surface area contributed by atoms with Crippen LogP contribution >= 0.6 is 0 Å². The predicted octanol–water partition coefficient (Wildman–Crippen LogP) is 5.23. The Balaban J connectivity index is 1.72. The molecule has 2 aliphatic heterocycles. The molecule has 206 valence electrons. The van der Waals surface area contributed by atoms with Crippen LogP contribution in [-0.2, 0) is 19.1 Å². The van der Waals surface area contributed by atoms with Gasteiger partial charge in [0.2, 0.25) is 0 Å². The molecule has 0 bridgehead atoms. The molecule has 0 aromatic heterocycles. The number of hydrogen-bond acceptors (Lipinski definition) is 8. The highest BCUT2D eigenvalue weighted by molar-refractivity contribution is 6.07. The molecule has 9 heteroatoms. The zero-order valence-corrected chi connectivity index (χ0v) is 22.8. The number of nitrogens with zero attached hydrogens (tertiary/aromatic N) is 3. The summed E-state index contributed by atoms with van der Waals surface area (Å²) in [5, 5.41) is 11.5. The van der Waals surface area contributed by atoms with Crippen molar-refractivity contribution >= 4 is 23.3 Å². The van der Waals surface area contributed by atoms with Gasteiger partial charge in [-0.05, 0) is 56.8 Å². The predicted molar refractivity (Wildman–Crippen MR) is 147 cm³/mol. The summed E-state index contributed by atoms with van der Waals surface area (Å²) in [6.45, 7) is 8.03. The Hall–Kier alpha value is -3.85. The van der Waals surface area contributed by atoms with Crippen LogP contribution in [0.2, 0.25) is 0 Å². The Morgan fingerprint density at radius 3 is 2.44 bits per heavy atom. The number of piperidine rings is 1. The van der Waals surface area contributed by atoms with Crippen LogP contribution < -0.4 is 0 Å². The van der Waals surface area contributed by atoms with E-state index in [1.165, 1.54) is 19.2 Å². The molecule has 3 atom stereocenters. The number of esters is 2. The van der Waals surface area contributed by atoms with Crippen LogP contribution in [0.4, 0.5) is 5.69 Å². The van der Waals surface area contributed by atoms with E-state index in [2.05, 4.69) is 16.8 Å². The molecule has 2 aliphatic rings. The molecule has 9 nitrogen and oxygen atoms in total. The fourth-order valence-corrected chi connectivity index (χ4v) is 5.48. The number of methoxy groups -OCH3 is 1. The summed E-state index contributed by atoms with van der Waals surface area (Å²) in [7, 11) is 1.27. The molecule has 0 N–H and O–H groups in total. The number of allylic oxidation sites excluding steroid dienone is 1. The molecule has 0 aliphatic carbocycles. The van der Waals surface area contributed by atoms with E-state index in [0.717, 1.165) is 31.5 Å². The van der Waals surface area contributed by atoms with Crippen LogP contribution in [0.1, 0.15) is 56.8 Å². The first-order valence-corrected chi connectivity index (χ1v) is 13.3. The maximum atomic E-state index is 14.0. The highest BCUT2D eigenvalue weighted by Gasteiger charge is 2.43. The molecule has 1 fully saturated rings. The van der Waals surface area contributed by atoms with Gasteiger partial charge in [0.05, 0.1) is 17.6 Å². The number of hydrogen-bond donors (Lipinski definition) is 0.